The topological polar surface area (TPSA) is 465 Å². The van der Waals surface area contributed by atoms with Crippen LogP contribution in [0.15, 0.2) is 198 Å². The largest absolute Gasteiger partial charge is 0.488 e. The van der Waals surface area contributed by atoms with E-state index >= 15 is 4.39 Å². The number of anilines is 2. The molecule has 11 heterocycles. The number of aromatic nitrogens is 12. The molecule has 142 heavy (non-hydrogen) atoms. The molecule has 45 heteroatoms. The summed E-state index contributed by atoms with van der Waals surface area (Å²) in [5, 5.41) is 50.0. The highest BCUT2D eigenvalue weighted by Gasteiger charge is 2.64. The highest BCUT2D eigenvalue weighted by molar-refractivity contribution is 9.10. The van der Waals surface area contributed by atoms with Gasteiger partial charge in [0, 0.05) is 130 Å². The fraction of sp³-hybridized carbons (Fsp3) is 0.320. The molecular weight excluding hydrogens is 1980 g/mol. The Labute approximate surface area is 868 Å². The molecule has 5 fully saturated rings. The van der Waals surface area contributed by atoms with Gasteiger partial charge >= 0.3 is 26.0 Å². The van der Waals surface area contributed by atoms with Gasteiger partial charge in [0.05, 0.1) is 144 Å². The fourth-order valence-corrected chi connectivity index (χ4v) is 14.1. The number of aliphatic hydroxyl groups is 2. The number of morpholine rings is 1. The molecule has 2 unspecified atom stereocenters. The molecule has 6 aromatic heterocycles. The zero-order valence-corrected chi connectivity index (χ0v) is 78.9. The van der Waals surface area contributed by atoms with Gasteiger partial charge in [-0.2, -0.15) is 0 Å². The summed E-state index contributed by atoms with van der Waals surface area (Å²) in [5.41, 5.74) is 2.98. The van der Waals surface area contributed by atoms with Gasteiger partial charge in [0.25, 0.3) is 16.8 Å². The van der Waals surface area contributed by atoms with Gasteiger partial charge in [-0.25, -0.2) is 71.4 Å². The number of nitro benzene ring substituents is 1. The number of aliphatic hydroxyl groups excluding tert-OH is 2. The minimum atomic E-state index is -3.17. The van der Waals surface area contributed by atoms with Gasteiger partial charge in [-0.1, -0.05) is 60.4 Å². The number of aromatic carboxylic acids is 2. The molecule has 0 saturated carbocycles. The van der Waals surface area contributed by atoms with Crippen molar-refractivity contribution in [2.24, 2.45) is 0 Å². The number of hydrogen-bond donors (Lipinski definition) is 7. The molecule has 746 valence electrons. The number of benzene rings is 8. The van der Waals surface area contributed by atoms with E-state index < -0.39 is 173 Å². The Kier molecular flexibility index (Phi) is 27.4. The van der Waals surface area contributed by atoms with Crippen LogP contribution in [-0.4, -0.2) is 200 Å². The van der Waals surface area contributed by atoms with Crippen molar-refractivity contribution in [3.05, 3.63) is 308 Å². The molecule has 8 N–H and O–H groups in total. The van der Waals surface area contributed by atoms with Crippen LogP contribution in [0.3, 0.4) is 0 Å². The number of nitrogens with two attached hydrogens (primary N) is 1. The summed E-state index contributed by atoms with van der Waals surface area (Å²) < 4.78 is 306. The lowest BCUT2D eigenvalue weighted by Crippen LogP contribution is -2.41. The van der Waals surface area contributed by atoms with Crippen LogP contribution in [0.1, 0.15) is 200 Å². The van der Waals surface area contributed by atoms with Crippen LogP contribution in [0.5, 0.6) is 11.8 Å². The number of halogens is 9. The minimum Gasteiger partial charge on any atom is -0.480 e. The van der Waals surface area contributed by atoms with Gasteiger partial charge in [0.1, 0.15) is 76.1 Å². The van der Waals surface area contributed by atoms with Crippen molar-refractivity contribution in [2.75, 3.05) is 77.2 Å². The first kappa shape index (κ1) is 79.7. The maximum absolute atomic E-state index is 15.3. The second-order valence-corrected chi connectivity index (χ2v) is 33.6. The lowest BCUT2D eigenvalue weighted by molar-refractivity contribution is -0.385. The molecule has 34 nitrogen and oxygen atoms in total. The highest BCUT2D eigenvalue weighted by atomic mass is 79.9. The summed E-state index contributed by atoms with van der Waals surface area (Å²) >= 11 is 21.2. The predicted octanol–water partition coefficient (Wildman–Crippen LogP) is 18.4. The molecule has 5 saturated heterocycles. The third kappa shape index (κ3) is 27.1. The molecule has 8 aromatic carbocycles. The van der Waals surface area contributed by atoms with E-state index in [1.165, 1.54) is 137 Å². The number of carboxylic acid groups (broad SMARTS) is 2. The molecule has 0 radical (unpaired) electrons. The van der Waals surface area contributed by atoms with Crippen molar-refractivity contribution in [3.8, 4) is 23.0 Å². The number of carbonyl (C=O) groups is 2. The maximum atomic E-state index is 15.3. The first-order valence-corrected chi connectivity index (χ1v) is 42.9. The van der Waals surface area contributed by atoms with Crippen LogP contribution < -0.4 is 31.2 Å². The fourth-order valence-electron chi connectivity index (χ4n) is 13.0. The molecule has 19 rings (SSSR count). The van der Waals surface area contributed by atoms with Gasteiger partial charge in [0.15, 0.2) is 0 Å². The van der Waals surface area contributed by atoms with Gasteiger partial charge in [-0.3, -0.25) is 29.7 Å². The average molecular weight is 2110 g/mol. The third-order valence-electron chi connectivity index (χ3n) is 21.5. The van der Waals surface area contributed by atoms with Crippen LogP contribution in [-0.2, 0) is 32.8 Å². The number of fused-ring (bicyclic) bond motifs is 4. The van der Waals surface area contributed by atoms with Gasteiger partial charge in [-0.05, 0) is 223 Å². The monoisotopic (exact) mass is 2100 g/mol. The second kappa shape index (κ2) is 48.8. The summed E-state index contributed by atoms with van der Waals surface area (Å²) in [4.78, 5) is 97.9. The van der Waals surface area contributed by atoms with E-state index in [2.05, 4.69) is 89.9 Å². The normalized spacial score (nSPS) is 22.7. The molecule has 0 aliphatic carbocycles. The summed E-state index contributed by atoms with van der Waals surface area (Å²) in [5.74, 6) is -9.17. The minimum absolute atomic E-state index is 0. The average Bonchev–Trinajstić information content (AvgIpc) is 1.68. The number of aromatic amines is 2. The van der Waals surface area contributed by atoms with E-state index in [0.29, 0.717) is 38.3 Å². The zero-order chi connectivity index (χ0) is 123. The molecule has 0 spiro atoms. The Bertz CT molecular complexity index is 8120. The summed E-state index contributed by atoms with van der Waals surface area (Å²) in [7, 11) is 1.81. The van der Waals surface area contributed by atoms with Gasteiger partial charge in [0.2, 0.25) is 11.8 Å². The third-order valence-corrected chi connectivity index (χ3v) is 23.1. The van der Waals surface area contributed by atoms with Crippen LogP contribution in [0, 0.1) is 39.2 Å². The number of methoxy groups -OCH3 is 2. The Balaban J connectivity index is 0.000000185. The number of carboxylic acids is 2. The molecular formula is C97H100B2BrCl3F5N15O19. The summed E-state index contributed by atoms with van der Waals surface area (Å²) in [6, 6.07) is 25.9. The van der Waals surface area contributed by atoms with Crippen molar-refractivity contribution < 1.29 is 132 Å². The van der Waals surface area contributed by atoms with Gasteiger partial charge < -0.3 is 83.3 Å². The highest BCUT2D eigenvalue weighted by Crippen LogP contribution is 2.45. The zero-order valence-electron chi connectivity index (χ0n) is 99.0. The maximum Gasteiger partial charge on any atom is 0.488 e. The van der Waals surface area contributed by atoms with Crippen LogP contribution in [0.25, 0.3) is 54.9 Å². The number of nitrogen functional groups attached to an aromatic ring is 1. The Morgan fingerprint density at radius 1 is 0.528 bits per heavy atom. The number of nitro groups is 1. The van der Waals surface area contributed by atoms with Crippen molar-refractivity contribution in [1.82, 2.24) is 59.8 Å². The van der Waals surface area contributed by atoms with E-state index in [0.717, 1.165) is 55.1 Å². The van der Waals surface area contributed by atoms with Crippen LogP contribution in [0.4, 0.5) is 39.0 Å². The van der Waals surface area contributed by atoms with Crippen molar-refractivity contribution >= 4 is 137 Å². The van der Waals surface area contributed by atoms with E-state index in [4.69, 9.17) is 112 Å². The lowest BCUT2D eigenvalue weighted by atomic mass is 9.49. The smallest absolute Gasteiger partial charge is 0.480 e. The SMILES string of the molecule is C.CC1(C)OB(B2OC(C)(C)C(C)(C)O2)OC1(C)C.COc1nccnc1C(O)c1cc(Br)c(F)cc1Cl.Nc1cc(F)ccc1C(=O)O.O=C(O)c1ccc(F)cc1[N+](=O)[O-].O=c1[nH]cnc2cc(F)ccc12.[2H]C1([2H])OC([2H])([2H])C([2H])([2H])C(c2ccc3c(-c4cc(C(O)c5nccnc5OC)c(Cl)cc4F)ncnc3c2)C1([2H])[2H].[2H]C1([2H])OC([2H])([2H])C([2H])([2H])C(c2ccc3c(Cl)ncnc3c2)C1([2H])[2H].[2H]C1([2H])OC([2H])([2H])C([2H])([2H])N(c2ccc3c(=O)[nH]cnc3c2)C1([2H])[2H]. The summed E-state index contributed by atoms with van der Waals surface area (Å²) in [6.07, 6.45) is -4.05. The van der Waals surface area contributed by atoms with Crippen LogP contribution in [0.2, 0.25) is 15.2 Å². The Hall–Kier alpha value is -12.8. The first-order chi connectivity index (χ1) is 76.0. The quantitative estimate of drug-likeness (QED) is 0.0101. The molecule has 5 aliphatic rings. The predicted molar refractivity (Wildman–Crippen MR) is 529 cm³/mol. The number of nitrogens with one attached hydrogen (secondary N) is 2. The van der Waals surface area contributed by atoms with Gasteiger partial charge in [-0.15, -0.1) is 0 Å². The number of nitrogens with zero attached hydrogens (tertiary/aromatic N) is 12. The van der Waals surface area contributed by atoms with E-state index in [1.54, 1.807) is 0 Å². The van der Waals surface area contributed by atoms with Crippen molar-refractivity contribution in [2.45, 2.75) is 135 Å². The second-order valence-electron chi connectivity index (χ2n) is 31.5. The van der Waals surface area contributed by atoms with Crippen molar-refractivity contribution in [3.63, 3.8) is 0 Å². The van der Waals surface area contributed by atoms with E-state index in [1.807, 2.05) is 55.4 Å². The number of ether oxygens (including phenoxy) is 5. The standard InChI is InChI=1S/C25H22ClFN4O3.C13H13ClN2O.C12H24B2O4.C12H9BrClFN2O2.C12H13N3O2.C8H5FN2O.C7H4FNO4.C7H6FNO2.CH4/c1-33-25-23(28-6-7-29-25)24(32)17-11-18(20(27)12-19(17)26)22-16-3-2-15(10-21(16)30-13-31-22)14-4-8-34-9-5-14;14-13-11-2-1-10(7-12(11)15-8-16-13)9-3-5-17-6-4-9;1-9(2)10(3,4)16-13(15-9)14-17-11(5,6)12(7,8)18-14;1-19-12-10(16-2-3-17-12)11(18)6-4-7(13)9(15)5-8(6)14;16-12-10-2-1-9(7-11(10)13-8-14-12)15-3-5-17-6-4-15;9-5-1-2-6-7(3-5)10-4-11-8(6)12;8-4-1-2-5(7(10)11)6(3-4)9(12)13;8-4-1-2-5(7(10)11)6(9)3-4;/h2-3,6-7,10-14,24,32H,4-5,8-9H2,1H3;1-2,7-9H,3-6H2;1-8H3;2-5,11,18H,1H3;1-2,7-8H,3-6H2,(H,13,14,16);1-4H,(H,10,11,12);1-3H,(H,10,11);1-3H,9H2,(H,10,11);1H4/i4D2,5D2,8D2,9D2;3D2,4D2,5D2,6D2;;;3D2,4D2,5D2,6D2;;;;. The molecule has 5 aliphatic heterocycles. The molecule has 0 amide bonds. The number of hydrogen-bond acceptors (Lipinski definition) is 29. The molecule has 2 atom stereocenters. The molecule has 14 aromatic rings. The molecule has 0 bridgehead atoms. The Morgan fingerprint density at radius 2 is 0.944 bits per heavy atom. The Morgan fingerprint density at radius 3 is 1.44 bits per heavy atom. The van der Waals surface area contributed by atoms with E-state index in [9.17, 15) is 57.1 Å². The van der Waals surface area contributed by atoms with Crippen molar-refractivity contribution in [1.29, 1.82) is 0 Å². The van der Waals surface area contributed by atoms with Crippen LogP contribution >= 0.6 is 50.7 Å². The number of H-pyrrole nitrogens is 2. The van der Waals surface area contributed by atoms with E-state index in [-0.39, 0.29) is 151 Å². The summed E-state index contributed by atoms with van der Waals surface area (Å²) in [6.45, 7) is -8.58. The first-order valence-electron chi connectivity index (χ1n) is 53.0. The number of rotatable bonds is 14. The lowest BCUT2D eigenvalue weighted by Gasteiger charge is -2.32.